The van der Waals surface area contributed by atoms with Gasteiger partial charge in [-0.1, -0.05) is 11.6 Å². The summed E-state index contributed by atoms with van der Waals surface area (Å²) < 4.78 is 0. The molecule has 0 spiro atoms. The standard InChI is InChI=1S/C12H10ClN3O3S/c1-6(11-16-9(5-20-11)12(18)19)15-10(17)7-4-14-3-2-8(7)13/h2-6H,1H3,(H,15,17)(H,18,19). The number of amides is 1. The molecule has 1 atom stereocenters. The lowest BCUT2D eigenvalue weighted by Crippen LogP contribution is -2.27. The first-order valence-electron chi connectivity index (χ1n) is 5.58. The highest BCUT2D eigenvalue weighted by Gasteiger charge is 2.18. The van der Waals surface area contributed by atoms with Crippen molar-refractivity contribution < 1.29 is 14.7 Å². The van der Waals surface area contributed by atoms with Crippen LogP contribution in [0.3, 0.4) is 0 Å². The zero-order valence-corrected chi connectivity index (χ0v) is 11.9. The van der Waals surface area contributed by atoms with E-state index >= 15 is 0 Å². The van der Waals surface area contributed by atoms with Gasteiger partial charge in [-0.05, 0) is 13.0 Å². The summed E-state index contributed by atoms with van der Waals surface area (Å²) in [6.07, 6.45) is 2.86. The minimum atomic E-state index is -1.10. The summed E-state index contributed by atoms with van der Waals surface area (Å²) in [5, 5.41) is 13.7. The lowest BCUT2D eigenvalue weighted by atomic mass is 10.2. The van der Waals surface area contributed by atoms with Crippen LogP contribution in [0.5, 0.6) is 0 Å². The summed E-state index contributed by atoms with van der Waals surface area (Å²) in [4.78, 5) is 30.5. The van der Waals surface area contributed by atoms with Crippen LogP contribution in [0.25, 0.3) is 0 Å². The molecular weight excluding hydrogens is 302 g/mol. The van der Waals surface area contributed by atoms with Crippen molar-refractivity contribution in [1.82, 2.24) is 15.3 Å². The van der Waals surface area contributed by atoms with Crippen LogP contribution in [-0.2, 0) is 0 Å². The number of halogens is 1. The number of aromatic nitrogens is 2. The van der Waals surface area contributed by atoms with Gasteiger partial charge < -0.3 is 10.4 Å². The third kappa shape index (κ3) is 3.12. The van der Waals surface area contributed by atoms with Gasteiger partial charge in [0.25, 0.3) is 5.91 Å². The number of hydrogen-bond donors (Lipinski definition) is 2. The number of carbonyl (C=O) groups is 2. The summed E-state index contributed by atoms with van der Waals surface area (Å²) in [5.74, 6) is -1.48. The highest BCUT2D eigenvalue weighted by molar-refractivity contribution is 7.09. The molecule has 0 bridgehead atoms. The quantitative estimate of drug-likeness (QED) is 0.904. The number of rotatable bonds is 4. The minimum absolute atomic E-state index is 0.0366. The van der Waals surface area contributed by atoms with E-state index in [1.165, 1.54) is 35.2 Å². The van der Waals surface area contributed by atoms with Gasteiger partial charge in [0.15, 0.2) is 5.69 Å². The third-order valence-electron chi connectivity index (χ3n) is 2.47. The van der Waals surface area contributed by atoms with Crippen LogP contribution in [0.1, 0.15) is 38.8 Å². The van der Waals surface area contributed by atoms with Crippen molar-refractivity contribution in [2.24, 2.45) is 0 Å². The predicted octanol–water partition coefficient (Wildman–Crippen LogP) is 2.38. The van der Waals surface area contributed by atoms with Gasteiger partial charge in [-0.3, -0.25) is 9.78 Å². The first kappa shape index (κ1) is 14.4. The Hall–Kier alpha value is -1.99. The second-order valence-electron chi connectivity index (χ2n) is 3.93. The van der Waals surface area contributed by atoms with Crippen LogP contribution in [0.15, 0.2) is 23.8 Å². The summed E-state index contributed by atoms with van der Waals surface area (Å²) >= 11 is 7.07. The number of hydrogen-bond acceptors (Lipinski definition) is 5. The first-order valence-corrected chi connectivity index (χ1v) is 6.84. The van der Waals surface area contributed by atoms with Crippen molar-refractivity contribution in [3.63, 3.8) is 0 Å². The summed E-state index contributed by atoms with van der Waals surface area (Å²) in [5.41, 5.74) is 0.224. The van der Waals surface area contributed by atoms with Gasteiger partial charge in [-0.25, -0.2) is 9.78 Å². The number of pyridine rings is 1. The van der Waals surface area contributed by atoms with Crippen LogP contribution in [-0.4, -0.2) is 27.0 Å². The molecule has 0 aromatic carbocycles. The highest BCUT2D eigenvalue weighted by Crippen LogP contribution is 2.20. The molecule has 2 heterocycles. The molecule has 2 N–H and O–H groups in total. The fraction of sp³-hybridized carbons (Fsp3) is 0.167. The van der Waals surface area contributed by atoms with Crippen molar-refractivity contribution in [2.75, 3.05) is 0 Å². The second-order valence-corrected chi connectivity index (χ2v) is 5.22. The van der Waals surface area contributed by atoms with Gasteiger partial charge >= 0.3 is 5.97 Å². The van der Waals surface area contributed by atoms with E-state index in [4.69, 9.17) is 16.7 Å². The van der Waals surface area contributed by atoms with E-state index in [1.54, 1.807) is 6.92 Å². The van der Waals surface area contributed by atoms with Gasteiger partial charge in [-0.15, -0.1) is 11.3 Å². The van der Waals surface area contributed by atoms with Crippen molar-refractivity contribution in [1.29, 1.82) is 0 Å². The third-order valence-corrected chi connectivity index (χ3v) is 3.83. The van der Waals surface area contributed by atoms with Crippen molar-refractivity contribution in [3.8, 4) is 0 Å². The maximum Gasteiger partial charge on any atom is 0.355 e. The van der Waals surface area contributed by atoms with E-state index < -0.39 is 12.0 Å². The van der Waals surface area contributed by atoms with Crippen LogP contribution >= 0.6 is 22.9 Å². The van der Waals surface area contributed by atoms with Crippen molar-refractivity contribution in [2.45, 2.75) is 13.0 Å². The molecule has 0 aliphatic rings. The molecule has 0 radical (unpaired) electrons. The zero-order valence-electron chi connectivity index (χ0n) is 10.3. The monoisotopic (exact) mass is 311 g/mol. The van der Waals surface area contributed by atoms with E-state index in [1.807, 2.05) is 0 Å². The van der Waals surface area contributed by atoms with Gasteiger partial charge in [0.05, 0.1) is 16.6 Å². The molecule has 1 amide bonds. The number of aromatic carboxylic acids is 1. The number of nitrogens with zero attached hydrogens (tertiary/aromatic N) is 2. The van der Waals surface area contributed by atoms with Gasteiger partial charge in [0, 0.05) is 17.8 Å². The Kier molecular flexibility index (Phi) is 4.31. The molecule has 0 fully saturated rings. The number of carbonyl (C=O) groups excluding carboxylic acids is 1. The van der Waals surface area contributed by atoms with E-state index in [2.05, 4.69) is 15.3 Å². The SMILES string of the molecule is CC(NC(=O)c1cnccc1Cl)c1nc(C(=O)O)cs1. The van der Waals surface area contributed by atoms with Crippen LogP contribution < -0.4 is 5.32 Å². The second kappa shape index (κ2) is 5.98. The van der Waals surface area contributed by atoms with Crippen molar-refractivity contribution in [3.05, 3.63) is 45.1 Å². The molecule has 2 aromatic heterocycles. The maximum atomic E-state index is 12.0. The molecule has 0 saturated carbocycles. The molecule has 1 unspecified atom stereocenters. The van der Waals surface area contributed by atoms with E-state index in [9.17, 15) is 9.59 Å². The Morgan fingerprint density at radius 1 is 1.50 bits per heavy atom. The minimum Gasteiger partial charge on any atom is -0.476 e. The molecular formula is C12H10ClN3O3S. The Bertz CT molecular complexity index is 659. The lowest BCUT2D eigenvalue weighted by molar-refractivity contribution is 0.0691. The Labute approximate surface area is 123 Å². The molecule has 8 heteroatoms. The smallest absolute Gasteiger partial charge is 0.355 e. The van der Waals surface area contributed by atoms with E-state index in [-0.39, 0.29) is 17.2 Å². The summed E-state index contributed by atoms with van der Waals surface area (Å²) in [7, 11) is 0. The van der Waals surface area contributed by atoms with Gasteiger partial charge in [-0.2, -0.15) is 0 Å². The topological polar surface area (TPSA) is 92.2 Å². The largest absolute Gasteiger partial charge is 0.476 e. The maximum absolute atomic E-state index is 12.0. The molecule has 2 rings (SSSR count). The predicted molar refractivity (Wildman–Crippen MR) is 74.2 cm³/mol. The summed E-state index contributed by atoms with van der Waals surface area (Å²) in [6.45, 7) is 1.71. The summed E-state index contributed by atoms with van der Waals surface area (Å²) in [6, 6.07) is 1.10. The van der Waals surface area contributed by atoms with Crippen LogP contribution in [0.4, 0.5) is 0 Å². The van der Waals surface area contributed by atoms with Crippen LogP contribution in [0.2, 0.25) is 5.02 Å². The zero-order chi connectivity index (χ0) is 14.7. The lowest BCUT2D eigenvalue weighted by Gasteiger charge is -2.11. The molecule has 0 aliphatic carbocycles. The van der Waals surface area contributed by atoms with Gasteiger partial charge in [0.1, 0.15) is 5.01 Å². The number of carboxylic acids is 1. The first-order chi connectivity index (χ1) is 9.49. The van der Waals surface area contributed by atoms with Gasteiger partial charge in [0.2, 0.25) is 0 Å². The molecule has 2 aromatic rings. The fourth-order valence-electron chi connectivity index (χ4n) is 1.47. The molecule has 0 aliphatic heterocycles. The Morgan fingerprint density at radius 2 is 2.25 bits per heavy atom. The fourth-order valence-corrected chi connectivity index (χ4v) is 2.46. The number of carboxylic acid groups (broad SMARTS) is 1. The van der Waals surface area contributed by atoms with Crippen LogP contribution in [0, 0.1) is 0 Å². The Balaban J connectivity index is 2.11. The number of thiazole rings is 1. The van der Waals surface area contributed by atoms with Crippen molar-refractivity contribution >= 4 is 34.8 Å². The molecule has 0 saturated heterocycles. The van der Waals surface area contributed by atoms with E-state index in [0.29, 0.717) is 10.0 Å². The number of nitrogens with one attached hydrogen (secondary N) is 1. The Morgan fingerprint density at radius 3 is 2.85 bits per heavy atom. The highest BCUT2D eigenvalue weighted by atomic mass is 35.5. The average molecular weight is 312 g/mol. The molecule has 6 nitrogen and oxygen atoms in total. The van der Waals surface area contributed by atoms with E-state index in [0.717, 1.165) is 0 Å². The molecule has 104 valence electrons. The normalized spacial score (nSPS) is 11.9. The molecule has 20 heavy (non-hydrogen) atoms. The average Bonchev–Trinajstić information content (AvgIpc) is 2.88.